The van der Waals surface area contributed by atoms with Gasteiger partial charge in [-0.2, -0.15) is 0 Å². The van der Waals surface area contributed by atoms with E-state index in [0.29, 0.717) is 24.5 Å². The number of hydrogen-bond acceptors (Lipinski definition) is 4. The normalized spacial score (nSPS) is 17.3. The van der Waals surface area contributed by atoms with E-state index in [-0.39, 0.29) is 11.8 Å². The molecule has 0 aliphatic carbocycles. The van der Waals surface area contributed by atoms with Crippen LogP contribution in [0, 0.1) is 6.92 Å². The zero-order chi connectivity index (χ0) is 16.2. The van der Waals surface area contributed by atoms with Gasteiger partial charge < -0.3 is 10.2 Å². The first-order valence-corrected chi connectivity index (χ1v) is 8.58. The van der Waals surface area contributed by atoms with Crippen LogP contribution >= 0.6 is 11.3 Å². The Balaban J connectivity index is 1.64. The second-order valence-electron chi connectivity index (χ2n) is 5.69. The molecule has 6 heteroatoms. The maximum Gasteiger partial charge on any atom is 0.248 e. The van der Waals surface area contributed by atoms with E-state index in [1.54, 1.807) is 4.90 Å². The van der Waals surface area contributed by atoms with Crippen LogP contribution in [0.2, 0.25) is 0 Å². The molecule has 1 aliphatic rings. The Hall–Kier alpha value is -2.21. The van der Waals surface area contributed by atoms with Crippen LogP contribution in [-0.4, -0.2) is 34.3 Å². The maximum atomic E-state index is 12.5. The second-order valence-corrected chi connectivity index (χ2v) is 6.55. The fourth-order valence-electron chi connectivity index (χ4n) is 2.81. The molecule has 1 aliphatic heterocycles. The predicted octanol–water partition coefficient (Wildman–Crippen LogP) is 2.62. The molecule has 23 heavy (non-hydrogen) atoms. The molecule has 1 fully saturated rings. The third-order valence-corrected chi connectivity index (χ3v) is 4.80. The van der Waals surface area contributed by atoms with Gasteiger partial charge in [0.25, 0.3) is 0 Å². The number of hydrogen-bond donors (Lipinski definition) is 1. The van der Waals surface area contributed by atoms with Crippen LogP contribution in [0.1, 0.15) is 24.1 Å². The van der Waals surface area contributed by atoms with Gasteiger partial charge in [0, 0.05) is 11.9 Å². The number of carbonyl (C=O) groups excluding carboxylic acids is 2. The lowest BCUT2D eigenvalue weighted by Gasteiger charge is -2.23. The van der Waals surface area contributed by atoms with Crippen LogP contribution in [0.15, 0.2) is 35.7 Å². The van der Waals surface area contributed by atoms with Gasteiger partial charge in [0.15, 0.2) is 5.13 Å². The van der Waals surface area contributed by atoms with Crippen molar-refractivity contribution in [2.75, 3.05) is 11.9 Å². The Kier molecular flexibility index (Phi) is 4.71. The molecule has 0 bridgehead atoms. The first-order chi connectivity index (χ1) is 11.1. The summed E-state index contributed by atoms with van der Waals surface area (Å²) in [7, 11) is 0. The molecule has 2 heterocycles. The average Bonchev–Trinajstić information content (AvgIpc) is 3.17. The summed E-state index contributed by atoms with van der Waals surface area (Å²) in [5.41, 5.74) is 1.85. The van der Waals surface area contributed by atoms with Gasteiger partial charge in [-0.05, 0) is 25.3 Å². The molecular formula is C17H19N3O2S. The van der Waals surface area contributed by atoms with Crippen LogP contribution in [0.25, 0.3) is 0 Å². The van der Waals surface area contributed by atoms with Gasteiger partial charge in [-0.3, -0.25) is 9.59 Å². The van der Waals surface area contributed by atoms with Gasteiger partial charge in [-0.25, -0.2) is 4.98 Å². The summed E-state index contributed by atoms with van der Waals surface area (Å²) in [6.45, 7) is 2.53. The first-order valence-electron chi connectivity index (χ1n) is 7.70. The van der Waals surface area contributed by atoms with E-state index in [4.69, 9.17) is 0 Å². The maximum absolute atomic E-state index is 12.5. The number of carbonyl (C=O) groups is 2. The van der Waals surface area contributed by atoms with Gasteiger partial charge in [-0.15, -0.1) is 11.3 Å². The van der Waals surface area contributed by atoms with Crippen molar-refractivity contribution < 1.29 is 9.59 Å². The SMILES string of the molecule is Cc1csc(NC(=O)C2CCCN2C(=O)Cc2ccccc2)n1. The molecule has 1 unspecified atom stereocenters. The third kappa shape index (κ3) is 3.76. The highest BCUT2D eigenvalue weighted by Crippen LogP contribution is 2.22. The molecule has 2 aromatic rings. The number of rotatable bonds is 4. The van der Waals surface area contributed by atoms with E-state index in [9.17, 15) is 9.59 Å². The molecule has 1 aromatic heterocycles. The zero-order valence-electron chi connectivity index (χ0n) is 13.0. The second kappa shape index (κ2) is 6.91. The Morgan fingerprint density at radius 2 is 2.13 bits per heavy atom. The summed E-state index contributed by atoms with van der Waals surface area (Å²) in [4.78, 5) is 30.9. The van der Waals surface area contributed by atoms with Crippen molar-refractivity contribution in [1.29, 1.82) is 0 Å². The van der Waals surface area contributed by atoms with Crippen molar-refractivity contribution >= 4 is 28.3 Å². The van der Waals surface area contributed by atoms with Crippen molar-refractivity contribution in [3.8, 4) is 0 Å². The highest BCUT2D eigenvalue weighted by atomic mass is 32.1. The molecule has 0 radical (unpaired) electrons. The minimum absolute atomic E-state index is 0.00386. The van der Waals surface area contributed by atoms with E-state index in [0.717, 1.165) is 17.7 Å². The number of likely N-dealkylation sites (tertiary alicyclic amines) is 1. The highest BCUT2D eigenvalue weighted by molar-refractivity contribution is 7.13. The number of nitrogens with one attached hydrogen (secondary N) is 1. The fourth-order valence-corrected chi connectivity index (χ4v) is 3.50. The van der Waals surface area contributed by atoms with E-state index < -0.39 is 6.04 Å². The largest absolute Gasteiger partial charge is 0.330 e. The lowest BCUT2D eigenvalue weighted by molar-refractivity contribution is -0.136. The van der Waals surface area contributed by atoms with E-state index in [1.807, 2.05) is 42.6 Å². The van der Waals surface area contributed by atoms with Gasteiger partial charge >= 0.3 is 0 Å². The van der Waals surface area contributed by atoms with Gasteiger partial charge in [0.05, 0.1) is 12.1 Å². The fraction of sp³-hybridized carbons (Fsp3) is 0.353. The Morgan fingerprint density at radius 1 is 1.35 bits per heavy atom. The average molecular weight is 329 g/mol. The van der Waals surface area contributed by atoms with E-state index >= 15 is 0 Å². The molecule has 1 N–H and O–H groups in total. The predicted molar refractivity (Wildman–Crippen MR) is 90.4 cm³/mol. The minimum atomic E-state index is -0.393. The molecule has 5 nitrogen and oxygen atoms in total. The standard InChI is InChI=1S/C17H19N3O2S/c1-12-11-23-17(18-12)19-16(22)14-8-5-9-20(14)15(21)10-13-6-3-2-4-7-13/h2-4,6-7,11,14H,5,8-10H2,1H3,(H,18,19,22). The van der Waals surface area contributed by atoms with Crippen molar-refractivity contribution in [2.45, 2.75) is 32.2 Å². The summed E-state index contributed by atoms with van der Waals surface area (Å²) >= 11 is 1.40. The number of amides is 2. The Bertz CT molecular complexity index is 699. The lowest BCUT2D eigenvalue weighted by atomic mass is 10.1. The van der Waals surface area contributed by atoms with Crippen molar-refractivity contribution in [2.24, 2.45) is 0 Å². The van der Waals surface area contributed by atoms with E-state index in [1.165, 1.54) is 11.3 Å². The molecule has 0 saturated carbocycles. The number of aromatic nitrogens is 1. The number of nitrogens with zero attached hydrogens (tertiary/aromatic N) is 2. The van der Waals surface area contributed by atoms with E-state index in [2.05, 4.69) is 10.3 Å². The molecule has 1 atom stereocenters. The third-order valence-electron chi connectivity index (χ3n) is 3.92. The topological polar surface area (TPSA) is 62.3 Å². The zero-order valence-corrected chi connectivity index (χ0v) is 13.8. The lowest BCUT2D eigenvalue weighted by Crippen LogP contribution is -2.43. The molecule has 2 amide bonds. The van der Waals surface area contributed by atoms with Crippen molar-refractivity contribution in [3.63, 3.8) is 0 Å². The van der Waals surface area contributed by atoms with Crippen LogP contribution in [-0.2, 0) is 16.0 Å². The smallest absolute Gasteiger partial charge is 0.248 e. The van der Waals surface area contributed by atoms with Crippen LogP contribution in [0.3, 0.4) is 0 Å². The summed E-state index contributed by atoms with van der Waals surface area (Å²) in [5.74, 6) is -0.137. The van der Waals surface area contributed by atoms with Gasteiger partial charge in [0.2, 0.25) is 11.8 Å². The van der Waals surface area contributed by atoms with Gasteiger partial charge in [0.1, 0.15) is 6.04 Å². The first kappa shape index (κ1) is 15.7. The Labute approximate surface area is 139 Å². The van der Waals surface area contributed by atoms with Crippen LogP contribution < -0.4 is 5.32 Å². The summed E-state index contributed by atoms with van der Waals surface area (Å²) < 4.78 is 0. The molecular weight excluding hydrogens is 310 g/mol. The molecule has 0 spiro atoms. The van der Waals surface area contributed by atoms with Gasteiger partial charge in [-0.1, -0.05) is 30.3 Å². The minimum Gasteiger partial charge on any atom is -0.330 e. The number of thiazole rings is 1. The summed E-state index contributed by atoms with van der Waals surface area (Å²) in [6, 6.07) is 9.23. The number of anilines is 1. The number of aryl methyl sites for hydroxylation is 1. The van der Waals surface area contributed by atoms with Crippen molar-refractivity contribution in [3.05, 3.63) is 47.0 Å². The quantitative estimate of drug-likeness (QED) is 0.938. The summed E-state index contributed by atoms with van der Waals surface area (Å²) in [6.07, 6.45) is 1.90. The van der Waals surface area contributed by atoms with Crippen LogP contribution in [0.5, 0.6) is 0 Å². The van der Waals surface area contributed by atoms with Crippen molar-refractivity contribution in [1.82, 2.24) is 9.88 Å². The summed E-state index contributed by atoms with van der Waals surface area (Å²) in [5, 5.41) is 5.31. The molecule has 120 valence electrons. The molecule has 1 saturated heterocycles. The van der Waals surface area contributed by atoms with Crippen LogP contribution in [0.4, 0.5) is 5.13 Å². The Morgan fingerprint density at radius 3 is 2.83 bits per heavy atom. The number of benzene rings is 1. The monoisotopic (exact) mass is 329 g/mol. The highest BCUT2D eigenvalue weighted by Gasteiger charge is 2.34. The molecule has 3 rings (SSSR count). The molecule has 1 aromatic carbocycles.